The van der Waals surface area contributed by atoms with Crippen molar-refractivity contribution in [2.75, 3.05) is 99.0 Å². The summed E-state index contributed by atoms with van der Waals surface area (Å²) in [5.41, 5.74) is 0.225. The highest BCUT2D eigenvalue weighted by Crippen LogP contribution is 2.29. The minimum Gasteiger partial charge on any atom is -0.511 e. The standard InChI is InChI=1S/C31H52N6O9/c1-44-18-19-46-21-20-45-17-16-37-14-12-35-30(42)24-6-2-4-22(26(24)38)28(40)33-10-8-32-9-11-34-29(41)23-5-3-7-25(27(23)39)31(43)36-13-15-37/h2,6,22-24,26,32,38-39H,3-5,7-21H2,1H3,(H,33,40)(H,34,41)(H,35,42)(H,36,43)/t22?,23?,24-,26?/m0/s1. The molecule has 0 saturated carbocycles. The number of amides is 4. The van der Waals surface area contributed by atoms with Gasteiger partial charge < -0.3 is 51.0 Å². The molecule has 3 rings (SSSR count). The van der Waals surface area contributed by atoms with E-state index in [9.17, 15) is 29.4 Å². The molecule has 0 aromatic rings. The molecular weight excluding hydrogens is 600 g/mol. The zero-order chi connectivity index (χ0) is 33.1. The molecule has 3 unspecified atom stereocenters. The third-order valence-corrected chi connectivity index (χ3v) is 8.30. The normalized spacial score (nSPS) is 26.8. The summed E-state index contributed by atoms with van der Waals surface area (Å²) >= 11 is 0. The van der Waals surface area contributed by atoms with Crippen LogP contribution in [0, 0.1) is 17.8 Å². The Bertz CT molecular complexity index is 1060. The molecule has 0 aromatic heterocycles. The van der Waals surface area contributed by atoms with E-state index in [1.807, 2.05) is 4.90 Å². The molecule has 4 atom stereocenters. The second kappa shape index (κ2) is 20.9. The van der Waals surface area contributed by atoms with Gasteiger partial charge in [0.15, 0.2) is 0 Å². The van der Waals surface area contributed by atoms with Gasteiger partial charge in [-0.15, -0.1) is 0 Å². The molecule has 4 amide bonds. The maximum absolute atomic E-state index is 13.0. The van der Waals surface area contributed by atoms with E-state index >= 15 is 0 Å². The zero-order valence-corrected chi connectivity index (χ0v) is 26.9. The van der Waals surface area contributed by atoms with E-state index in [-0.39, 0.29) is 42.1 Å². The first kappa shape index (κ1) is 37.4. The first-order valence-electron chi connectivity index (χ1n) is 16.3. The Morgan fingerprint density at radius 3 is 2.22 bits per heavy atom. The minimum atomic E-state index is -1.16. The number of carbonyl (C=O) groups excluding carboxylic acids is 4. The van der Waals surface area contributed by atoms with Gasteiger partial charge in [0.25, 0.3) is 5.91 Å². The van der Waals surface area contributed by atoms with Crippen LogP contribution in [0.1, 0.15) is 25.7 Å². The zero-order valence-electron chi connectivity index (χ0n) is 26.9. The SMILES string of the molecule is COCCOCCOCCN1CCNC(=O)C2=C(O)C(CCC2)C(=O)NCCNCCNC(=O)C2CC=C[C@H](C(=O)NCC1)C2O. The van der Waals surface area contributed by atoms with E-state index in [4.69, 9.17) is 14.2 Å². The van der Waals surface area contributed by atoms with Crippen LogP contribution in [0.4, 0.5) is 0 Å². The highest BCUT2D eigenvalue weighted by molar-refractivity contribution is 5.95. The van der Waals surface area contributed by atoms with Gasteiger partial charge in [0, 0.05) is 66.0 Å². The third-order valence-electron chi connectivity index (χ3n) is 8.30. The highest BCUT2D eigenvalue weighted by Gasteiger charge is 2.37. The third kappa shape index (κ3) is 12.3. The van der Waals surface area contributed by atoms with Gasteiger partial charge >= 0.3 is 0 Å². The van der Waals surface area contributed by atoms with E-state index in [0.29, 0.717) is 105 Å². The number of methoxy groups -OCH3 is 1. The lowest BCUT2D eigenvalue weighted by Crippen LogP contribution is -2.49. The summed E-state index contributed by atoms with van der Waals surface area (Å²) in [4.78, 5) is 53.6. The van der Waals surface area contributed by atoms with E-state index in [2.05, 4.69) is 26.6 Å². The number of ether oxygens (including phenoxy) is 3. The molecule has 15 heteroatoms. The summed E-state index contributed by atoms with van der Waals surface area (Å²) < 4.78 is 16.1. The molecular formula is C31H52N6O9. The number of nitrogens with zero attached hydrogens (tertiary/aromatic N) is 1. The predicted molar refractivity (Wildman–Crippen MR) is 169 cm³/mol. The summed E-state index contributed by atoms with van der Waals surface area (Å²) in [5.74, 6) is -4.01. The van der Waals surface area contributed by atoms with Crippen molar-refractivity contribution in [3.8, 4) is 0 Å². The average molecular weight is 653 g/mol. The van der Waals surface area contributed by atoms with Crippen LogP contribution in [0.5, 0.6) is 0 Å². The van der Waals surface area contributed by atoms with Crippen molar-refractivity contribution in [3.05, 3.63) is 23.5 Å². The van der Waals surface area contributed by atoms with Crippen molar-refractivity contribution < 1.29 is 43.6 Å². The number of nitrogens with one attached hydrogen (secondary N) is 5. The monoisotopic (exact) mass is 652 g/mol. The van der Waals surface area contributed by atoms with E-state index in [0.717, 1.165) is 0 Å². The summed E-state index contributed by atoms with van der Waals surface area (Å²) in [5, 5.41) is 36.2. The molecule has 1 heterocycles. The lowest BCUT2D eigenvalue weighted by atomic mass is 9.82. The minimum absolute atomic E-state index is 0.186. The second-order valence-corrected chi connectivity index (χ2v) is 11.5. The number of carbonyl (C=O) groups is 4. The molecule has 0 fully saturated rings. The molecule has 46 heavy (non-hydrogen) atoms. The fourth-order valence-electron chi connectivity index (χ4n) is 5.63. The van der Waals surface area contributed by atoms with E-state index in [1.165, 1.54) is 0 Å². The molecule has 3 aliphatic rings. The Morgan fingerprint density at radius 2 is 1.48 bits per heavy atom. The molecule has 0 aromatic carbocycles. The van der Waals surface area contributed by atoms with E-state index in [1.54, 1.807) is 19.3 Å². The lowest BCUT2D eigenvalue weighted by molar-refractivity contribution is -0.134. The number of hydrogen-bond acceptors (Lipinski definition) is 11. The number of rotatable bonds is 9. The summed E-state index contributed by atoms with van der Waals surface area (Å²) in [6.45, 7) is 5.65. The predicted octanol–water partition coefficient (Wildman–Crippen LogP) is -1.80. The number of aliphatic hydroxyl groups excluding tert-OH is 2. The largest absolute Gasteiger partial charge is 0.511 e. The van der Waals surface area contributed by atoms with Crippen LogP contribution in [0.15, 0.2) is 23.5 Å². The highest BCUT2D eigenvalue weighted by atomic mass is 16.5. The van der Waals surface area contributed by atoms with Gasteiger partial charge in [0.05, 0.1) is 62.5 Å². The molecule has 0 radical (unpaired) electrons. The van der Waals surface area contributed by atoms with Gasteiger partial charge in [-0.05, 0) is 25.7 Å². The lowest BCUT2D eigenvalue weighted by Gasteiger charge is -2.30. The van der Waals surface area contributed by atoms with Crippen LogP contribution in [-0.2, 0) is 33.4 Å². The molecule has 0 spiro atoms. The van der Waals surface area contributed by atoms with Crippen LogP contribution in [0.25, 0.3) is 0 Å². The maximum atomic E-state index is 13.0. The summed E-state index contributed by atoms with van der Waals surface area (Å²) in [7, 11) is 1.61. The maximum Gasteiger partial charge on any atom is 0.250 e. The quantitative estimate of drug-likeness (QED) is 0.110. The molecule has 0 saturated heterocycles. The van der Waals surface area contributed by atoms with Gasteiger partial charge in [0.2, 0.25) is 17.7 Å². The number of aliphatic hydroxyl groups is 2. The number of allylic oxidation sites excluding steroid dienone is 1. The fraction of sp³-hybridized carbons (Fsp3) is 0.742. The van der Waals surface area contributed by atoms with Crippen molar-refractivity contribution in [2.45, 2.75) is 31.8 Å². The Hall–Kier alpha value is -3.08. The van der Waals surface area contributed by atoms with Gasteiger partial charge in [-0.25, -0.2) is 0 Å². The van der Waals surface area contributed by atoms with Crippen molar-refractivity contribution >= 4 is 23.6 Å². The Morgan fingerprint density at radius 1 is 0.826 bits per heavy atom. The van der Waals surface area contributed by atoms with Crippen molar-refractivity contribution in [3.63, 3.8) is 0 Å². The van der Waals surface area contributed by atoms with Crippen LogP contribution >= 0.6 is 0 Å². The second-order valence-electron chi connectivity index (χ2n) is 11.5. The van der Waals surface area contributed by atoms with E-state index < -0.39 is 29.8 Å². The topological polar surface area (TPSA) is 200 Å². The summed E-state index contributed by atoms with van der Waals surface area (Å²) in [6.07, 6.45) is 4.00. The van der Waals surface area contributed by atoms with Gasteiger partial charge in [0.1, 0.15) is 5.76 Å². The Balaban J connectivity index is 1.64. The average Bonchev–Trinajstić information content (AvgIpc) is 3.04. The van der Waals surface area contributed by atoms with Crippen molar-refractivity contribution in [1.29, 1.82) is 0 Å². The van der Waals surface area contributed by atoms with Gasteiger partial charge in [-0.3, -0.25) is 24.1 Å². The molecule has 1 aliphatic heterocycles. The van der Waals surface area contributed by atoms with Crippen LogP contribution < -0.4 is 26.6 Å². The van der Waals surface area contributed by atoms with Crippen LogP contribution in [0.2, 0.25) is 0 Å². The molecule has 4 bridgehead atoms. The molecule has 15 nitrogen and oxygen atoms in total. The Labute approximate surface area is 270 Å². The fourth-order valence-corrected chi connectivity index (χ4v) is 5.63. The van der Waals surface area contributed by atoms with Gasteiger partial charge in [-0.1, -0.05) is 12.2 Å². The Kier molecular flexibility index (Phi) is 17.0. The van der Waals surface area contributed by atoms with Crippen molar-refractivity contribution in [2.24, 2.45) is 17.8 Å². The smallest absolute Gasteiger partial charge is 0.250 e. The molecule has 2 aliphatic carbocycles. The van der Waals surface area contributed by atoms with Crippen LogP contribution in [0.3, 0.4) is 0 Å². The molecule has 260 valence electrons. The van der Waals surface area contributed by atoms with Crippen molar-refractivity contribution in [1.82, 2.24) is 31.5 Å². The van der Waals surface area contributed by atoms with Crippen LogP contribution in [-0.4, -0.2) is 144 Å². The first-order valence-corrected chi connectivity index (χ1v) is 16.3. The summed E-state index contributed by atoms with van der Waals surface area (Å²) in [6, 6.07) is 0. The van der Waals surface area contributed by atoms with Gasteiger partial charge in [-0.2, -0.15) is 0 Å². The first-order chi connectivity index (χ1) is 22.3. The molecule has 7 N–H and O–H groups in total. The number of hydrogen-bond donors (Lipinski definition) is 7. The number of fused-ring (bicyclic) bond motifs is 3.